The van der Waals surface area contributed by atoms with Gasteiger partial charge in [-0.3, -0.25) is 14.6 Å². The Morgan fingerprint density at radius 1 is 1.44 bits per heavy atom. The molecule has 1 aromatic rings. The zero-order valence-electron chi connectivity index (χ0n) is 9.34. The van der Waals surface area contributed by atoms with Crippen LogP contribution in [0, 0.1) is 0 Å². The van der Waals surface area contributed by atoms with Crippen molar-refractivity contribution in [2.75, 3.05) is 5.32 Å². The Kier molecular flexibility index (Phi) is 3.22. The molecule has 1 aliphatic heterocycles. The third-order valence-electron chi connectivity index (χ3n) is 2.56. The van der Waals surface area contributed by atoms with Crippen LogP contribution in [0.2, 0.25) is 0 Å². The Morgan fingerprint density at radius 3 is 2.83 bits per heavy atom. The minimum Gasteiger partial charge on any atom is -0.478 e. The number of amides is 2. The van der Waals surface area contributed by atoms with Crippen molar-refractivity contribution in [1.82, 2.24) is 10.3 Å². The number of carbonyl (C=O) groups is 3. The van der Waals surface area contributed by atoms with Crippen molar-refractivity contribution in [1.29, 1.82) is 0 Å². The van der Waals surface area contributed by atoms with Crippen LogP contribution in [0.1, 0.15) is 23.2 Å². The summed E-state index contributed by atoms with van der Waals surface area (Å²) in [6.07, 6.45) is 3.30. The van der Waals surface area contributed by atoms with E-state index in [1.807, 2.05) is 0 Å². The summed E-state index contributed by atoms with van der Waals surface area (Å²) in [6.45, 7) is 0. The molecule has 1 fully saturated rings. The van der Waals surface area contributed by atoms with Crippen molar-refractivity contribution in [3.8, 4) is 0 Å². The average Bonchev–Trinajstić information content (AvgIpc) is 2.76. The van der Waals surface area contributed by atoms with Crippen LogP contribution < -0.4 is 10.6 Å². The number of hydrogen-bond acceptors (Lipinski definition) is 4. The lowest BCUT2D eigenvalue weighted by Crippen LogP contribution is -2.37. The highest BCUT2D eigenvalue weighted by Gasteiger charge is 2.27. The molecule has 2 heterocycles. The molecule has 1 aromatic heterocycles. The third-order valence-corrected chi connectivity index (χ3v) is 2.56. The van der Waals surface area contributed by atoms with Crippen molar-refractivity contribution in [2.24, 2.45) is 0 Å². The zero-order valence-corrected chi connectivity index (χ0v) is 9.34. The average molecular weight is 249 g/mol. The summed E-state index contributed by atoms with van der Waals surface area (Å²) in [6, 6.07) is 0.746. The number of pyridine rings is 1. The lowest BCUT2D eigenvalue weighted by atomic mass is 10.2. The number of nitrogens with one attached hydrogen (secondary N) is 2. The van der Waals surface area contributed by atoms with Crippen LogP contribution in [0.4, 0.5) is 5.69 Å². The van der Waals surface area contributed by atoms with Gasteiger partial charge in [-0.25, -0.2) is 4.79 Å². The van der Waals surface area contributed by atoms with E-state index >= 15 is 0 Å². The fourth-order valence-electron chi connectivity index (χ4n) is 1.67. The molecule has 0 aromatic carbocycles. The van der Waals surface area contributed by atoms with Crippen LogP contribution >= 0.6 is 0 Å². The number of rotatable bonds is 3. The van der Waals surface area contributed by atoms with E-state index in [1.165, 1.54) is 18.5 Å². The summed E-state index contributed by atoms with van der Waals surface area (Å²) in [4.78, 5) is 37.2. The minimum atomic E-state index is -1.12. The predicted octanol–water partition coefficient (Wildman–Crippen LogP) is -0.00310. The Balaban J connectivity index is 2.05. The van der Waals surface area contributed by atoms with Gasteiger partial charge in [0, 0.05) is 12.6 Å². The van der Waals surface area contributed by atoms with E-state index in [1.54, 1.807) is 0 Å². The fourth-order valence-corrected chi connectivity index (χ4v) is 1.67. The quantitative estimate of drug-likeness (QED) is 0.698. The van der Waals surface area contributed by atoms with Gasteiger partial charge in [0.15, 0.2) is 0 Å². The van der Waals surface area contributed by atoms with E-state index < -0.39 is 12.0 Å². The number of carboxylic acid groups (broad SMARTS) is 1. The largest absolute Gasteiger partial charge is 0.478 e. The first-order chi connectivity index (χ1) is 8.56. The molecule has 1 aliphatic rings. The van der Waals surface area contributed by atoms with Gasteiger partial charge in [-0.1, -0.05) is 0 Å². The zero-order chi connectivity index (χ0) is 13.1. The second kappa shape index (κ2) is 4.82. The van der Waals surface area contributed by atoms with E-state index in [9.17, 15) is 14.4 Å². The lowest BCUT2D eigenvalue weighted by molar-refractivity contribution is -0.122. The number of anilines is 1. The van der Waals surface area contributed by atoms with E-state index in [0.29, 0.717) is 18.5 Å². The molecule has 1 saturated heterocycles. The molecule has 0 aliphatic carbocycles. The summed E-state index contributed by atoms with van der Waals surface area (Å²) in [5.74, 6) is -1.65. The van der Waals surface area contributed by atoms with Crippen LogP contribution in [0.25, 0.3) is 0 Å². The molecule has 0 saturated carbocycles. The summed E-state index contributed by atoms with van der Waals surface area (Å²) in [5, 5.41) is 13.8. The molecule has 7 nitrogen and oxygen atoms in total. The lowest BCUT2D eigenvalue weighted by Gasteiger charge is -2.10. The van der Waals surface area contributed by atoms with Gasteiger partial charge in [0.25, 0.3) is 0 Å². The van der Waals surface area contributed by atoms with Crippen LogP contribution in [0.3, 0.4) is 0 Å². The molecule has 2 amide bonds. The number of aromatic carboxylic acids is 1. The van der Waals surface area contributed by atoms with E-state index in [2.05, 4.69) is 15.6 Å². The summed E-state index contributed by atoms with van der Waals surface area (Å²) >= 11 is 0. The van der Waals surface area contributed by atoms with E-state index in [-0.39, 0.29) is 17.4 Å². The molecule has 18 heavy (non-hydrogen) atoms. The highest BCUT2D eigenvalue weighted by molar-refractivity contribution is 5.99. The standard InChI is InChI=1S/C11H11N3O4/c15-9-2-1-8(14-9)10(16)13-7-3-6(11(17)18)4-12-5-7/h3-5,8H,1-2H2,(H,13,16)(H,14,15)(H,17,18). The van der Waals surface area contributed by atoms with Crippen LogP contribution in [-0.4, -0.2) is 33.9 Å². The molecular formula is C11H11N3O4. The Morgan fingerprint density at radius 2 is 2.22 bits per heavy atom. The van der Waals surface area contributed by atoms with Gasteiger partial charge < -0.3 is 15.7 Å². The summed E-state index contributed by atoms with van der Waals surface area (Å²) in [7, 11) is 0. The van der Waals surface area contributed by atoms with Gasteiger partial charge in [0.2, 0.25) is 11.8 Å². The highest BCUT2D eigenvalue weighted by atomic mass is 16.4. The molecule has 94 valence electrons. The summed E-state index contributed by atoms with van der Waals surface area (Å²) < 4.78 is 0. The number of carboxylic acids is 1. The molecule has 1 atom stereocenters. The summed E-state index contributed by atoms with van der Waals surface area (Å²) in [5.41, 5.74) is 0.282. The van der Waals surface area contributed by atoms with Crippen LogP contribution in [0.15, 0.2) is 18.5 Å². The highest BCUT2D eigenvalue weighted by Crippen LogP contribution is 2.12. The maximum Gasteiger partial charge on any atom is 0.337 e. The Hall–Kier alpha value is -2.44. The minimum absolute atomic E-state index is 0.0109. The topological polar surface area (TPSA) is 108 Å². The number of carbonyl (C=O) groups excluding carboxylic acids is 2. The van der Waals surface area contributed by atoms with Gasteiger partial charge in [0.1, 0.15) is 6.04 Å². The smallest absolute Gasteiger partial charge is 0.337 e. The first-order valence-corrected chi connectivity index (χ1v) is 5.35. The Labute approximate surface area is 102 Å². The van der Waals surface area contributed by atoms with Gasteiger partial charge in [0.05, 0.1) is 17.4 Å². The van der Waals surface area contributed by atoms with Crippen LogP contribution in [-0.2, 0) is 9.59 Å². The SMILES string of the molecule is O=C1CCC(C(=O)Nc2cncc(C(=O)O)c2)N1. The number of hydrogen-bond donors (Lipinski definition) is 3. The molecule has 0 spiro atoms. The number of aromatic nitrogens is 1. The van der Waals surface area contributed by atoms with Gasteiger partial charge in [-0.2, -0.15) is 0 Å². The first kappa shape index (κ1) is 12.0. The maximum atomic E-state index is 11.7. The second-order valence-electron chi connectivity index (χ2n) is 3.92. The molecule has 3 N–H and O–H groups in total. The van der Waals surface area contributed by atoms with Gasteiger partial charge in [-0.15, -0.1) is 0 Å². The molecule has 1 unspecified atom stereocenters. The van der Waals surface area contributed by atoms with Crippen molar-refractivity contribution in [3.63, 3.8) is 0 Å². The molecular weight excluding hydrogens is 238 g/mol. The molecule has 2 rings (SSSR count). The van der Waals surface area contributed by atoms with Crippen molar-refractivity contribution >= 4 is 23.5 Å². The van der Waals surface area contributed by atoms with E-state index in [0.717, 1.165) is 0 Å². The van der Waals surface area contributed by atoms with Crippen LogP contribution in [0.5, 0.6) is 0 Å². The molecule has 7 heteroatoms. The fraction of sp³-hybridized carbons (Fsp3) is 0.273. The monoisotopic (exact) mass is 249 g/mol. The first-order valence-electron chi connectivity index (χ1n) is 5.35. The number of nitrogens with zero attached hydrogens (tertiary/aromatic N) is 1. The molecule has 0 bridgehead atoms. The molecule has 0 radical (unpaired) electrons. The van der Waals surface area contributed by atoms with E-state index in [4.69, 9.17) is 5.11 Å². The van der Waals surface area contributed by atoms with Gasteiger partial charge in [-0.05, 0) is 12.5 Å². The Bertz CT molecular complexity index is 515. The maximum absolute atomic E-state index is 11.7. The second-order valence-corrected chi connectivity index (χ2v) is 3.92. The van der Waals surface area contributed by atoms with Crippen molar-refractivity contribution < 1.29 is 19.5 Å². The van der Waals surface area contributed by atoms with Crippen molar-refractivity contribution in [3.05, 3.63) is 24.0 Å². The third kappa shape index (κ3) is 2.62. The van der Waals surface area contributed by atoms with Crippen molar-refractivity contribution in [2.45, 2.75) is 18.9 Å². The van der Waals surface area contributed by atoms with Gasteiger partial charge >= 0.3 is 5.97 Å². The normalized spacial score (nSPS) is 18.2. The predicted molar refractivity (Wildman–Crippen MR) is 61.0 cm³/mol.